The topological polar surface area (TPSA) is 35.2 Å². The lowest BCUT2D eigenvalue weighted by Crippen LogP contribution is -2.32. The molecule has 0 saturated carbocycles. The average molecular weight is 219 g/mol. The summed E-state index contributed by atoms with van der Waals surface area (Å²) in [5, 5.41) is 0. The Bertz CT molecular complexity index is 367. The Hall–Kier alpha value is -1.02. The Morgan fingerprint density at radius 2 is 2.00 bits per heavy atom. The fraction of sp³-hybridized carbons (Fsp3) is 0.571. The maximum atomic E-state index is 6.18. The van der Waals surface area contributed by atoms with Crippen LogP contribution in [0.5, 0.6) is 5.75 Å². The summed E-state index contributed by atoms with van der Waals surface area (Å²) < 4.78 is 6.00. The maximum Gasteiger partial charge on any atom is 0.124 e. The van der Waals surface area contributed by atoms with Crippen LogP contribution in [0.3, 0.4) is 0 Å². The molecule has 1 aromatic rings. The predicted molar refractivity (Wildman–Crippen MR) is 66.5 cm³/mol. The Kier molecular flexibility index (Phi) is 2.94. The summed E-state index contributed by atoms with van der Waals surface area (Å²) in [6, 6.07) is 8.23. The molecule has 1 aliphatic rings. The molecule has 2 atom stereocenters. The molecule has 0 radical (unpaired) electrons. The Balaban J connectivity index is 2.15. The van der Waals surface area contributed by atoms with Crippen molar-refractivity contribution >= 4 is 0 Å². The normalized spacial score (nSPS) is 24.8. The van der Waals surface area contributed by atoms with Crippen molar-refractivity contribution in [3.8, 4) is 5.75 Å². The second-order valence-corrected chi connectivity index (χ2v) is 5.88. The van der Waals surface area contributed by atoms with E-state index >= 15 is 0 Å². The third kappa shape index (κ3) is 2.56. The summed E-state index contributed by atoms with van der Waals surface area (Å²) >= 11 is 0. The van der Waals surface area contributed by atoms with Crippen LogP contribution in [-0.4, -0.2) is 6.10 Å². The van der Waals surface area contributed by atoms with Crippen molar-refractivity contribution in [2.45, 2.75) is 45.8 Å². The minimum absolute atomic E-state index is 0.122. The van der Waals surface area contributed by atoms with Crippen LogP contribution in [0.1, 0.15) is 45.2 Å². The van der Waals surface area contributed by atoms with Gasteiger partial charge in [0.05, 0.1) is 0 Å². The molecule has 2 N–H and O–H groups in total. The van der Waals surface area contributed by atoms with Crippen LogP contribution in [0.25, 0.3) is 0 Å². The molecular weight excluding hydrogens is 198 g/mol. The van der Waals surface area contributed by atoms with E-state index in [0.717, 1.165) is 24.2 Å². The second-order valence-electron chi connectivity index (χ2n) is 5.88. The van der Waals surface area contributed by atoms with Crippen LogP contribution in [0, 0.1) is 5.41 Å². The van der Waals surface area contributed by atoms with E-state index in [1.807, 2.05) is 18.2 Å². The quantitative estimate of drug-likeness (QED) is 0.786. The number of hydrogen-bond donors (Lipinski definition) is 1. The lowest BCUT2D eigenvalue weighted by Gasteiger charge is -2.33. The van der Waals surface area contributed by atoms with Gasteiger partial charge in [-0.3, -0.25) is 0 Å². The third-order valence-electron chi connectivity index (χ3n) is 2.97. The highest BCUT2D eigenvalue weighted by atomic mass is 16.5. The first-order valence-corrected chi connectivity index (χ1v) is 5.97. The number of benzene rings is 1. The molecule has 0 saturated heterocycles. The number of ether oxygens (including phenoxy) is 1. The van der Waals surface area contributed by atoms with Gasteiger partial charge in [0.2, 0.25) is 0 Å². The summed E-state index contributed by atoms with van der Waals surface area (Å²) in [6.45, 7) is 6.72. The summed E-state index contributed by atoms with van der Waals surface area (Å²) in [5.41, 5.74) is 7.61. The van der Waals surface area contributed by atoms with Gasteiger partial charge in [0, 0.05) is 18.0 Å². The lowest BCUT2D eigenvalue weighted by molar-refractivity contribution is 0.112. The molecule has 1 aliphatic heterocycles. The van der Waals surface area contributed by atoms with Crippen LogP contribution in [-0.2, 0) is 0 Å². The zero-order valence-electron chi connectivity index (χ0n) is 10.4. The van der Waals surface area contributed by atoms with Crippen molar-refractivity contribution in [1.82, 2.24) is 0 Å². The first-order chi connectivity index (χ1) is 7.46. The SMILES string of the molecule is CC(C)(C)CC1CC(N)c2ccccc2O1. The van der Waals surface area contributed by atoms with Gasteiger partial charge in [-0.15, -0.1) is 0 Å². The van der Waals surface area contributed by atoms with E-state index < -0.39 is 0 Å². The molecule has 0 amide bonds. The van der Waals surface area contributed by atoms with Crippen molar-refractivity contribution < 1.29 is 4.74 Å². The summed E-state index contributed by atoms with van der Waals surface area (Å²) in [7, 11) is 0. The van der Waals surface area contributed by atoms with Crippen LogP contribution in [0.2, 0.25) is 0 Å². The molecule has 0 spiro atoms. The fourth-order valence-electron chi connectivity index (χ4n) is 2.34. The number of nitrogens with two attached hydrogens (primary N) is 1. The summed E-state index contributed by atoms with van der Waals surface area (Å²) in [6.07, 6.45) is 2.23. The van der Waals surface area contributed by atoms with E-state index in [1.165, 1.54) is 0 Å². The zero-order chi connectivity index (χ0) is 11.8. The largest absolute Gasteiger partial charge is 0.490 e. The highest BCUT2D eigenvalue weighted by molar-refractivity contribution is 5.37. The summed E-state index contributed by atoms with van der Waals surface area (Å²) in [5.74, 6) is 0.968. The van der Waals surface area contributed by atoms with Crippen LogP contribution < -0.4 is 10.5 Å². The molecular formula is C14H21NO. The van der Waals surface area contributed by atoms with Crippen molar-refractivity contribution in [3.05, 3.63) is 29.8 Å². The monoisotopic (exact) mass is 219 g/mol. The van der Waals surface area contributed by atoms with Gasteiger partial charge in [0.15, 0.2) is 0 Å². The molecule has 2 unspecified atom stereocenters. The molecule has 0 aromatic heterocycles. The van der Waals surface area contributed by atoms with E-state index in [1.54, 1.807) is 0 Å². The highest BCUT2D eigenvalue weighted by Gasteiger charge is 2.28. The van der Waals surface area contributed by atoms with Gasteiger partial charge in [-0.1, -0.05) is 39.0 Å². The Morgan fingerprint density at radius 1 is 1.31 bits per heavy atom. The van der Waals surface area contributed by atoms with E-state index in [0.29, 0.717) is 0 Å². The molecule has 0 bridgehead atoms. The number of hydrogen-bond acceptors (Lipinski definition) is 2. The minimum atomic E-state index is 0.122. The molecule has 2 heteroatoms. The molecule has 0 aliphatic carbocycles. The number of fused-ring (bicyclic) bond motifs is 1. The van der Waals surface area contributed by atoms with Gasteiger partial charge in [-0.05, 0) is 17.9 Å². The Labute approximate surface area is 97.8 Å². The number of para-hydroxylation sites is 1. The van der Waals surface area contributed by atoms with E-state index in [9.17, 15) is 0 Å². The van der Waals surface area contributed by atoms with E-state index in [2.05, 4.69) is 26.8 Å². The fourth-order valence-corrected chi connectivity index (χ4v) is 2.34. The molecule has 2 rings (SSSR count). The summed E-state index contributed by atoms with van der Waals surface area (Å²) in [4.78, 5) is 0. The minimum Gasteiger partial charge on any atom is -0.490 e. The van der Waals surface area contributed by atoms with Gasteiger partial charge in [-0.25, -0.2) is 0 Å². The van der Waals surface area contributed by atoms with Crippen molar-refractivity contribution in [1.29, 1.82) is 0 Å². The average Bonchev–Trinajstić information content (AvgIpc) is 2.15. The predicted octanol–water partition coefficient (Wildman–Crippen LogP) is 3.27. The van der Waals surface area contributed by atoms with Gasteiger partial charge < -0.3 is 10.5 Å². The molecule has 88 valence electrons. The van der Waals surface area contributed by atoms with Crippen LogP contribution in [0.4, 0.5) is 0 Å². The van der Waals surface area contributed by atoms with Crippen LogP contribution >= 0.6 is 0 Å². The standard InChI is InChI=1S/C14H21NO/c1-14(2,3)9-10-8-12(15)11-6-4-5-7-13(11)16-10/h4-7,10,12H,8-9,15H2,1-3H3. The molecule has 2 nitrogen and oxygen atoms in total. The first-order valence-electron chi connectivity index (χ1n) is 5.97. The molecule has 1 heterocycles. The second kappa shape index (κ2) is 4.10. The van der Waals surface area contributed by atoms with Crippen molar-refractivity contribution in [3.63, 3.8) is 0 Å². The molecule has 16 heavy (non-hydrogen) atoms. The zero-order valence-corrected chi connectivity index (χ0v) is 10.4. The lowest BCUT2D eigenvalue weighted by atomic mass is 9.85. The smallest absolute Gasteiger partial charge is 0.124 e. The van der Waals surface area contributed by atoms with Crippen molar-refractivity contribution in [2.24, 2.45) is 11.1 Å². The molecule has 0 fully saturated rings. The van der Waals surface area contributed by atoms with Crippen molar-refractivity contribution in [2.75, 3.05) is 0 Å². The van der Waals surface area contributed by atoms with Gasteiger partial charge in [0.25, 0.3) is 0 Å². The van der Waals surface area contributed by atoms with Gasteiger partial charge >= 0.3 is 0 Å². The van der Waals surface area contributed by atoms with Gasteiger partial charge in [-0.2, -0.15) is 0 Å². The first kappa shape index (κ1) is 11.5. The molecule has 1 aromatic carbocycles. The van der Waals surface area contributed by atoms with E-state index in [-0.39, 0.29) is 17.6 Å². The Morgan fingerprint density at radius 3 is 2.69 bits per heavy atom. The third-order valence-corrected chi connectivity index (χ3v) is 2.97. The maximum absolute atomic E-state index is 6.18. The van der Waals surface area contributed by atoms with Crippen LogP contribution in [0.15, 0.2) is 24.3 Å². The number of rotatable bonds is 1. The van der Waals surface area contributed by atoms with Gasteiger partial charge in [0.1, 0.15) is 11.9 Å². The highest BCUT2D eigenvalue weighted by Crippen LogP contribution is 2.36. The van der Waals surface area contributed by atoms with E-state index in [4.69, 9.17) is 10.5 Å².